The lowest BCUT2D eigenvalue weighted by Gasteiger charge is -2.33. The van der Waals surface area contributed by atoms with Crippen molar-refractivity contribution in [3.8, 4) is 0 Å². The number of para-hydroxylation sites is 2. The molecule has 30 heavy (non-hydrogen) atoms. The van der Waals surface area contributed by atoms with E-state index in [2.05, 4.69) is 16.0 Å². The highest BCUT2D eigenvalue weighted by Gasteiger charge is 2.30. The second kappa shape index (κ2) is 8.36. The fourth-order valence-corrected chi connectivity index (χ4v) is 4.68. The van der Waals surface area contributed by atoms with Crippen molar-refractivity contribution in [3.05, 3.63) is 70.8 Å². The molecule has 7 heteroatoms. The topological polar surface area (TPSA) is 62.7 Å². The number of amides is 1. The average Bonchev–Trinajstić information content (AvgIpc) is 3.54. The van der Waals surface area contributed by atoms with Gasteiger partial charge in [-0.3, -0.25) is 4.79 Å². The molecule has 0 saturated carbocycles. The van der Waals surface area contributed by atoms with E-state index in [0.29, 0.717) is 19.1 Å². The van der Waals surface area contributed by atoms with E-state index in [1.165, 1.54) is 4.88 Å². The summed E-state index contributed by atoms with van der Waals surface area (Å²) in [7, 11) is 0. The van der Waals surface area contributed by atoms with Crippen LogP contribution < -0.4 is 4.90 Å². The highest BCUT2D eigenvalue weighted by molar-refractivity contribution is 7.09. The van der Waals surface area contributed by atoms with Gasteiger partial charge >= 0.3 is 0 Å². The molecule has 1 aliphatic heterocycles. The molecule has 0 spiro atoms. The smallest absolute Gasteiger partial charge is 0.298 e. The van der Waals surface area contributed by atoms with Gasteiger partial charge in [0.2, 0.25) is 5.91 Å². The molecule has 0 aliphatic carbocycles. The molecule has 0 N–H and O–H groups in total. The van der Waals surface area contributed by atoms with Crippen molar-refractivity contribution in [1.29, 1.82) is 0 Å². The van der Waals surface area contributed by atoms with Crippen molar-refractivity contribution in [2.24, 2.45) is 5.92 Å². The molecule has 1 fully saturated rings. The second-order valence-electron chi connectivity index (χ2n) is 7.58. The van der Waals surface area contributed by atoms with E-state index in [9.17, 15) is 4.79 Å². The summed E-state index contributed by atoms with van der Waals surface area (Å²) in [4.78, 5) is 23.2. The summed E-state index contributed by atoms with van der Waals surface area (Å²) < 4.78 is 11.4. The number of carbonyl (C=O) groups excluding carboxylic acids is 1. The second-order valence-corrected chi connectivity index (χ2v) is 8.61. The predicted molar refractivity (Wildman–Crippen MR) is 116 cm³/mol. The highest BCUT2D eigenvalue weighted by atomic mass is 32.1. The van der Waals surface area contributed by atoms with E-state index in [4.69, 9.17) is 8.83 Å². The third-order valence-electron chi connectivity index (χ3n) is 5.56. The standard InChI is InChI=1S/C23H23N3O3S/c27-22(26(15-18-5-3-13-28-18)16-19-6-4-14-30-19)17-9-11-25(12-10-17)23-24-20-7-1-2-8-21(20)29-23/h1-8,13-14,17H,9-12,15-16H2. The number of rotatable bonds is 6. The Kier molecular flexibility index (Phi) is 5.27. The van der Waals surface area contributed by atoms with E-state index in [1.807, 2.05) is 52.7 Å². The van der Waals surface area contributed by atoms with E-state index < -0.39 is 0 Å². The molecule has 5 rings (SSSR count). The molecule has 154 valence electrons. The number of oxazole rings is 1. The minimum Gasteiger partial charge on any atom is -0.467 e. The molecule has 1 aliphatic rings. The van der Waals surface area contributed by atoms with Crippen molar-refractivity contribution in [2.75, 3.05) is 18.0 Å². The van der Waals surface area contributed by atoms with Gasteiger partial charge in [-0.15, -0.1) is 11.3 Å². The number of fused-ring (bicyclic) bond motifs is 1. The van der Waals surface area contributed by atoms with Gasteiger partial charge in [-0.25, -0.2) is 0 Å². The van der Waals surface area contributed by atoms with Gasteiger partial charge in [-0.2, -0.15) is 4.98 Å². The number of nitrogens with zero attached hydrogens (tertiary/aromatic N) is 3. The molecule has 0 bridgehead atoms. The first-order chi connectivity index (χ1) is 14.8. The first kappa shape index (κ1) is 18.9. The van der Waals surface area contributed by atoms with Crippen LogP contribution in [0, 0.1) is 5.92 Å². The maximum absolute atomic E-state index is 13.4. The highest BCUT2D eigenvalue weighted by Crippen LogP contribution is 2.28. The van der Waals surface area contributed by atoms with Crippen LogP contribution in [-0.2, 0) is 17.9 Å². The number of benzene rings is 1. The van der Waals surface area contributed by atoms with E-state index in [1.54, 1.807) is 17.6 Å². The summed E-state index contributed by atoms with van der Waals surface area (Å²) in [5, 5.41) is 2.05. The Bertz CT molecular complexity index is 1030. The van der Waals surface area contributed by atoms with Crippen molar-refractivity contribution < 1.29 is 13.6 Å². The van der Waals surface area contributed by atoms with E-state index in [0.717, 1.165) is 42.8 Å². The Morgan fingerprint density at radius 2 is 1.97 bits per heavy atom. The Labute approximate surface area is 178 Å². The molecule has 3 aromatic heterocycles. The third-order valence-corrected chi connectivity index (χ3v) is 6.42. The number of thiophene rings is 1. The summed E-state index contributed by atoms with van der Waals surface area (Å²) in [5.74, 6) is 1.00. The first-order valence-corrected chi connectivity index (χ1v) is 11.1. The van der Waals surface area contributed by atoms with Crippen LogP contribution in [0.15, 0.2) is 69.0 Å². The molecule has 4 aromatic rings. The lowest BCUT2D eigenvalue weighted by Crippen LogP contribution is -2.42. The predicted octanol–water partition coefficient (Wildman–Crippen LogP) is 4.93. The van der Waals surface area contributed by atoms with Gasteiger partial charge < -0.3 is 18.6 Å². The van der Waals surface area contributed by atoms with Gasteiger partial charge in [-0.1, -0.05) is 18.2 Å². The van der Waals surface area contributed by atoms with E-state index >= 15 is 0 Å². The van der Waals surface area contributed by atoms with Gasteiger partial charge in [0.05, 0.1) is 19.4 Å². The van der Waals surface area contributed by atoms with E-state index in [-0.39, 0.29) is 11.8 Å². The average molecular weight is 422 g/mol. The van der Waals surface area contributed by atoms with Crippen LogP contribution in [0.3, 0.4) is 0 Å². The Morgan fingerprint density at radius 3 is 2.70 bits per heavy atom. The van der Waals surface area contributed by atoms with Crippen molar-refractivity contribution >= 4 is 34.4 Å². The number of carbonyl (C=O) groups is 1. The number of hydrogen-bond donors (Lipinski definition) is 0. The van der Waals surface area contributed by atoms with Gasteiger partial charge in [0.1, 0.15) is 11.3 Å². The molecule has 0 unspecified atom stereocenters. The maximum atomic E-state index is 13.4. The quantitative estimate of drug-likeness (QED) is 0.442. The SMILES string of the molecule is O=C(C1CCN(c2nc3ccccc3o2)CC1)N(Cc1ccco1)Cc1cccs1. The van der Waals surface area contributed by atoms with Gasteiger partial charge in [-0.05, 0) is 48.6 Å². The minimum atomic E-state index is 0.000512. The Balaban J connectivity index is 1.26. The molecule has 1 amide bonds. The number of hydrogen-bond acceptors (Lipinski definition) is 6. The zero-order valence-electron chi connectivity index (χ0n) is 16.6. The van der Waals surface area contributed by atoms with Gasteiger partial charge in [0.25, 0.3) is 6.01 Å². The summed E-state index contributed by atoms with van der Waals surface area (Å²) in [6, 6.07) is 16.3. The van der Waals surface area contributed by atoms with Crippen LogP contribution in [0.25, 0.3) is 11.1 Å². The van der Waals surface area contributed by atoms with Crippen molar-refractivity contribution in [3.63, 3.8) is 0 Å². The minimum absolute atomic E-state index is 0.000512. The molecule has 0 radical (unpaired) electrons. The molecular weight excluding hydrogens is 398 g/mol. The summed E-state index contributed by atoms with van der Waals surface area (Å²) >= 11 is 1.67. The lowest BCUT2D eigenvalue weighted by molar-refractivity contribution is -0.137. The van der Waals surface area contributed by atoms with Crippen LogP contribution in [-0.4, -0.2) is 28.9 Å². The van der Waals surface area contributed by atoms with Crippen LogP contribution in [0.1, 0.15) is 23.5 Å². The van der Waals surface area contributed by atoms with Crippen LogP contribution in [0.5, 0.6) is 0 Å². The Hall–Kier alpha value is -3.06. The lowest BCUT2D eigenvalue weighted by atomic mass is 9.95. The molecule has 0 atom stereocenters. The fourth-order valence-electron chi connectivity index (χ4n) is 3.96. The molecular formula is C23H23N3O3S. The van der Waals surface area contributed by atoms with Gasteiger partial charge in [0, 0.05) is 23.9 Å². The number of aromatic nitrogens is 1. The van der Waals surface area contributed by atoms with Crippen molar-refractivity contribution in [1.82, 2.24) is 9.88 Å². The maximum Gasteiger partial charge on any atom is 0.298 e. The molecule has 1 aromatic carbocycles. The molecule has 1 saturated heterocycles. The van der Waals surface area contributed by atoms with Crippen molar-refractivity contribution in [2.45, 2.75) is 25.9 Å². The zero-order chi connectivity index (χ0) is 20.3. The summed E-state index contributed by atoms with van der Waals surface area (Å²) in [6.07, 6.45) is 3.23. The fraction of sp³-hybridized carbons (Fsp3) is 0.304. The summed E-state index contributed by atoms with van der Waals surface area (Å²) in [5.41, 5.74) is 1.66. The van der Waals surface area contributed by atoms with Crippen LogP contribution in [0.4, 0.5) is 6.01 Å². The van der Waals surface area contributed by atoms with Crippen LogP contribution >= 0.6 is 11.3 Å². The Morgan fingerprint density at radius 1 is 1.10 bits per heavy atom. The van der Waals surface area contributed by atoms with Gasteiger partial charge in [0.15, 0.2) is 5.58 Å². The zero-order valence-corrected chi connectivity index (χ0v) is 17.4. The number of piperidine rings is 1. The van der Waals surface area contributed by atoms with Crippen LogP contribution in [0.2, 0.25) is 0 Å². The number of furan rings is 1. The molecule has 6 nitrogen and oxygen atoms in total. The largest absolute Gasteiger partial charge is 0.467 e. The first-order valence-electron chi connectivity index (χ1n) is 10.2. The summed E-state index contributed by atoms with van der Waals surface area (Å²) in [6.45, 7) is 2.63. The monoisotopic (exact) mass is 421 g/mol. The normalized spacial score (nSPS) is 15.0. The number of anilines is 1. The third kappa shape index (κ3) is 3.98. The molecule has 4 heterocycles.